The van der Waals surface area contributed by atoms with Crippen LogP contribution in [0.1, 0.15) is 22.7 Å². The summed E-state index contributed by atoms with van der Waals surface area (Å²) in [7, 11) is 2.29. The van der Waals surface area contributed by atoms with Gasteiger partial charge in [-0.3, -0.25) is 4.79 Å². The van der Waals surface area contributed by atoms with Crippen LogP contribution in [0.2, 0.25) is 0 Å². The summed E-state index contributed by atoms with van der Waals surface area (Å²) in [6.45, 7) is 0.499. The van der Waals surface area contributed by atoms with Crippen LogP contribution in [0.4, 0.5) is 11.4 Å². The minimum absolute atomic E-state index is 0.315. The van der Waals surface area contributed by atoms with Crippen molar-refractivity contribution in [3.05, 3.63) is 95.6 Å². The Balaban J connectivity index is 0.00000199. The number of hydrogen-bond donors (Lipinski definition) is 5. The number of carbonyl (C=O) groups excluding carboxylic acids is 2. The molecule has 0 heterocycles. The van der Waals surface area contributed by atoms with Crippen molar-refractivity contribution in [2.45, 2.75) is 25.0 Å². The van der Waals surface area contributed by atoms with Gasteiger partial charge in [0.25, 0.3) is 0 Å². The fourth-order valence-electron chi connectivity index (χ4n) is 3.31. The number of nitrogens with two attached hydrogens (primary N) is 2. The molecular weight excluding hydrogens is 432 g/mol. The van der Waals surface area contributed by atoms with Crippen molar-refractivity contribution in [3.63, 3.8) is 0 Å². The first-order valence-corrected chi connectivity index (χ1v) is 10.8. The summed E-state index contributed by atoms with van der Waals surface area (Å²) in [6.07, 6.45) is 0.425. The molecule has 0 fully saturated rings. The standard InChI is InChI=1S/C25H28N4O3.CH4O/c1-32-25(31)23(19-9-13-21(27)14-10-19)29-24(30)22(15-17-7-11-20(26)12-8-17)28-16-18-5-3-2-4-6-18;1-2/h2-14,22-23,28H,15-16,26-27H2,1H3,(H,29,30);2H,1H3. The van der Waals surface area contributed by atoms with Gasteiger partial charge < -0.3 is 31.9 Å². The van der Waals surface area contributed by atoms with Crippen LogP contribution in [0, 0.1) is 0 Å². The van der Waals surface area contributed by atoms with Gasteiger partial charge in [-0.1, -0.05) is 54.6 Å². The molecule has 0 aliphatic carbocycles. The Bertz CT molecular complexity index is 1020. The Morgan fingerprint density at radius 2 is 1.41 bits per heavy atom. The second-order valence-corrected chi connectivity index (χ2v) is 7.50. The molecule has 3 aromatic carbocycles. The Morgan fingerprint density at radius 3 is 1.97 bits per heavy atom. The van der Waals surface area contributed by atoms with E-state index in [0.717, 1.165) is 18.2 Å². The Labute approximate surface area is 199 Å². The van der Waals surface area contributed by atoms with Gasteiger partial charge in [0.05, 0.1) is 13.2 Å². The summed E-state index contributed by atoms with van der Waals surface area (Å²) >= 11 is 0. The minimum Gasteiger partial charge on any atom is -0.467 e. The maximum absolute atomic E-state index is 13.3. The van der Waals surface area contributed by atoms with Crippen molar-refractivity contribution in [2.24, 2.45) is 0 Å². The molecule has 2 atom stereocenters. The van der Waals surface area contributed by atoms with Crippen LogP contribution in [0.5, 0.6) is 0 Å². The number of benzene rings is 3. The molecule has 34 heavy (non-hydrogen) atoms. The summed E-state index contributed by atoms with van der Waals surface area (Å²) in [5, 5.41) is 13.1. The van der Waals surface area contributed by atoms with Crippen LogP contribution < -0.4 is 22.1 Å². The van der Waals surface area contributed by atoms with E-state index in [-0.39, 0.29) is 5.91 Å². The van der Waals surface area contributed by atoms with E-state index < -0.39 is 18.1 Å². The number of nitrogen functional groups attached to an aromatic ring is 2. The van der Waals surface area contributed by atoms with Crippen LogP contribution in [0.3, 0.4) is 0 Å². The van der Waals surface area contributed by atoms with E-state index >= 15 is 0 Å². The molecule has 0 saturated heterocycles. The van der Waals surface area contributed by atoms with Gasteiger partial charge in [-0.25, -0.2) is 4.79 Å². The smallest absolute Gasteiger partial charge is 0.333 e. The second kappa shape index (κ2) is 13.6. The number of aliphatic hydroxyl groups excluding tert-OH is 1. The molecular formula is C26H32N4O4. The topological polar surface area (TPSA) is 140 Å². The summed E-state index contributed by atoms with van der Waals surface area (Å²) in [5.74, 6) is -0.873. The molecule has 1 amide bonds. The van der Waals surface area contributed by atoms with Gasteiger partial charge in [0.1, 0.15) is 0 Å². The van der Waals surface area contributed by atoms with Crippen molar-refractivity contribution < 1.29 is 19.4 Å². The van der Waals surface area contributed by atoms with Crippen molar-refractivity contribution in [2.75, 3.05) is 25.7 Å². The van der Waals surface area contributed by atoms with Crippen LogP contribution in [-0.4, -0.2) is 37.2 Å². The molecule has 0 aliphatic heterocycles. The molecule has 3 aromatic rings. The van der Waals surface area contributed by atoms with Crippen molar-refractivity contribution in [1.82, 2.24) is 10.6 Å². The Kier molecular flexibility index (Phi) is 10.6. The average molecular weight is 465 g/mol. The zero-order chi connectivity index (χ0) is 24.9. The van der Waals surface area contributed by atoms with Gasteiger partial charge in [-0.15, -0.1) is 0 Å². The molecule has 8 nitrogen and oxygen atoms in total. The van der Waals surface area contributed by atoms with Gasteiger partial charge in [-0.05, 0) is 47.4 Å². The first kappa shape index (κ1) is 26.4. The quantitative estimate of drug-likeness (QED) is 0.242. The lowest BCUT2D eigenvalue weighted by molar-refractivity contribution is -0.145. The third-order valence-electron chi connectivity index (χ3n) is 5.12. The number of anilines is 2. The van der Waals surface area contributed by atoms with E-state index in [1.54, 1.807) is 36.4 Å². The van der Waals surface area contributed by atoms with E-state index in [2.05, 4.69) is 10.6 Å². The van der Waals surface area contributed by atoms with Crippen LogP contribution in [-0.2, 0) is 27.3 Å². The van der Waals surface area contributed by atoms with Gasteiger partial charge in [0.2, 0.25) is 5.91 Å². The molecule has 0 radical (unpaired) electrons. The molecule has 8 heteroatoms. The lowest BCUT2D eigenvalue weighted by Crippen LogP contribution is -2.48. The number of methoxy groups -OCH3 is 1. The highest BCUT2D eigenvalue weighted by molar-refractivity contribution is 5.88. The maximum atomic E-state index is 13.3. The van der Waals surface area contributed by atoms with Gasteiger partial charge in [0, 0.05) is 25.0 Å². The van der Waals surface area contributed by atoms with Crippen molar-refractivity contribution in [1.29, 1.82) is 0 Å². The van der Waals surface area contributed by atoms with Crippen molar-refractivity contribution >= 4 is 23.3 Å². The SMILES string of the molecule is CO.COC(=O)C(NC(=O)C(Cc1ccc(N)cc1)NCc1ccccc1)c1ccc(N)cc1. The summed E-state index contributed by atoms with van der Waals surface area (Å²) in [4.78, 5) is 25.7. The number of rotatable bonds is 9. The van der Waals surface area contributed by atoms with E-state index in [1.165, 1.54) is 7.11 Å². The van der Waals surface area contributed by atoms with Crippen LogP contribution in [0.15, 0.2) is 78.9 Å². The maximum Gasteiger partial charge on any atom is 0.333 e. The van der Waals surface area contributed by atoms with E-state index in [4.69, 9.17) is 21.3 Å². The number of nitrogens with one attached hydrogen (secondary N) is 2. The summed E-state index contributed by atoms with van der Waals surface area (Å²) in [5.41, 5.74) is 15.3. The van der Waals surface area contributed by atoms with Crippen molar-refractivity contribution in [3.8, 4) is 0 Å². The number of hydrogen-bond acceptors (Lipinski definition) is 7. The molecule has 0 aliphatic rings. The third kappa shape index (κ3) is 7.91. The fraction of sp³-hybridized carbons (Fsp3) is 0.231. The first-order chi connectivity index (χ1) is 16.5. The largest absolute Gasteiger partial charge is 0.467 e. The second-order valence-electron chi connectivity index (χ2n) is 7.50. The van der Waals surface area contributed by atoms with Crippen LogP contribution in [0.25, 0.3) is 0 Å². The molecule has 0 spiro atoms. The highest BCUT2D eigenvalue weighted by Gasteiger charge is 2.27. The molecule has 0 bridgehead atoms. The van der Waals surface area contributed by atoms with E-state index in [1.807, 2.05) is 42.5 Å². The zero-order valence-electron chi connectivity index (χ0n) is 19.4. The van der Waals surface area contributed by atoms with Gasteiger partial charge in [0.15, 0.2) is 6.04 Å². The highest BCUT2D eigenvalue weighted by Crippen LogP contribution is 2.17. The monoisotopic (exact) mass is 464 g/mol. The molecule has 2 unspecified atom stereocenters. The molecule has 180 valence electrons. The fourth-order valence-corrected chi connectivity index (χ4v) is 3.31. The number of ether oxygens (including phenoxy) is 1. The minimum atomic E-state index is -0.944. The van der Waals surface area contributed by atoms with E-state index in [0.29, 0.717) is 29.9 Å². The number of amides is 1. The van der Waals surface area contributed by atoms with Gasteiger partial charge in [-0.2, -0.15) is 0 Å². The summed E-state index contributed by atoms with van der Waals surface area (Å²) < 4.78 is 4.92. The van der Waals surface area contributed by atoms with Crippen LogP contribution >= 0.6 is 0 Å². The van der Waals surface area contributed by atoms with Gasteiger partial charge >= 0.3 is 5.97 Å². The predicted octanol–water partition coefficient (Wildman–Crippen LogP) is 2.19. The first-order valence-electron chi connectivity index (χ1n) is 10.8. The normalized spacial score (nSPS) is 12.0. The number of esters is 1. The third-order valence-corrected chi connectivity index (χ3v) is 5.12. The Morgan fingerprint density at radius 1 is 0.853 bits per heavy atom. The number of carbonyl (C=O) groups is 2. The number of aliphatic hydroxyl groups is 1. The summed E-state index contributed by atoms with van der Waals surface area (Å²) in [6, 6.07) is 22.4. The average Bonchev–Trinajstić information content (AvgIpc) is 2.88. The zero-order valence-corrected chi connectivity index (χ0v) is 19.4. The molecule has 0 aromatic heterocycles. The van der Waals surface area contributed by atoms with E-state index in [9.17, 15) is 9.59 Å². The molecule has 3 rings (SSSR count). The molecule has 7 N–H and O–H groups in total. The lowest BCUT2D eigenvalue weighted by atomic mass is 10.0. The molecule has 0 saturated carbocycles. The highest BCUT2D eigenvalue weighted by atomic mass is 16.5. The predicted molar refractivity (Wildman–Crippen MR) is 134 cm³/mol. The Hall–Kier alpha value is -3.88. The lowest BCUT2D eigenvalue weighted by Gasteiger charge is -2.23.